The molecule has 1 aromatic rings. The maximum atomic E-state index is 12.5. The number of hydrogen-bond acceptors (Lipinski definition) is 2. The fourth-order valence-electron chi connectivity index (χ4n) is 1.30. The van der Waals surface area contributed by atoms with Gasteiger partial charge in [0.2, 0.25) is 0 Å². The first-order chi connectivity index (χ1) is 6.46. The molecule has 1 heterocycles. The molecule has 5 heteroatoms. The zero-order valence-electron chi connectivity index (χ0n) is 7.89. The van der Waals surface area contributed by atoms with Crippen LogP contribution in [0.2, 0.25) is 0 Å². The Morgan fingerprint density at radius 3 is 2.50 bits per heavy atom. The Morgan fingerprint density at radius 1 is 1.43 bits per heavy atom. The highest BCUT2D eigenvalue weighted by Gasteiger charge is 2.40. The van der Waals surface area contributed by atoms with Crippen LogP contribution in [0, 0.1) is 6.92 Å². The topological polar surface area (TPSA) is 24.9 Å². The van der Waals surface area contributed by atoms with E-state index >= 15 is 0 Å². The zero-order chi connectivity index (χ0) is 10.8. The Morgan fingerprint density at radius 2 is 2.07 bits per heavy atom. The maximum absolute atomic E-state index is 12.5. The normalized spacial score (nSPS) is 14.1. The van der Waals surface area contributed by atoms with Crippen LogP contribution < -0.4 is 5.32 Å². The molecule has 0 bridgehead atoms. The van der Waals surface area contributed by atoms with Crippen molar-refractivity contribution in [2.75, 3.05) is 7.05 Å². The van der Waals surface area contributed by atoms with Crippen molar-refractivity contribution in [2.24, 2.45) is 0 Å². The van der Waals surface area contributed by atoms with Gasteiger partial charge >= 0.3 is 6.18 Å². The van der Waals surface area contributed by atoms with Crippen LogP contribution in [0.25, 0.3) is 0 Å². The standard InChI is InChI=1S/C9H11F3N2/c1-6-7(4-3-5-14-6)8(13-2)9(10,11)12/h3-5,8,13H,1-2H3. The summed E-state index contributed by atoms with van der Waals surface area (Å²) in [6.45, 7) is 1.56. The van der Waals surface area contributed by atoms with Gasteiger partial charge in [0.25, 0.3) is 0 Å². The fourth-order valence-corrected chi connectivity index (χ4v) is 1.30. The average Bonchev–Trinajstić information content (AvgIpc) is 2.07. The lowest BCUT2D eigenvalue weighted by Crippen LogP contribution is -2.32. The van der Waals surface area contributed by atoms with Crippen LogP contribution in [-0.2, 0) is 0 Å². The van der Waals surface area contributed by atoms with Crippen molar-refractivity contribution < 1.29 is 13.2 Å². The molecule has 1 unspecified atom stereocenters. The van der Waals surface area contributed by atoms with Gasteiger partial charge in [-0.3, -0.25) is 4.98 Å². The Bertz CT molecular complexity index is 309. The number of aromatic nitrogens is 1. The molecule has 78 valence electrons. The van der Waals surface area contributed by atoms with E-state index in [4.69, 9.17) is 0 Å². The van der Waals surface area contributed by atoms with Gasteiger partial charge in [0.15, 0.2) is 0 Å². The Hall–Kier alpha value is -1.10. The van der Waals surface area contributed by atoms with Crippen molar-refractivity contribution >= 4 is 0 Å². The fraction of sp³-hybridized carbons (Fsp3) is 0.444. The van der Waals surface area contributed by atoms with Crippen LogP contribution in [0.1, 0.15) is 17.3 Å². The number of rotatable bonds is 2. The summed E-state index contributed by atoms with van der Waals surface area (Å²) in [4.78, 5) is 3.82. The Balaban J connectivity index is 3.08. The van der Waals surface area contributed by atoms with Crippen molar-refractivity contribution in [3.05, 3.63) is 29.6 Å². The quantitative estimate of drug-likeness (QED) is 0.798. The lowest BCUT2D eigenvalue weighted by Gasteiger charge is -2.20. The molecule has 0 amide bonds. The second-order valence-corrected chi connectivity index (χ2v) is 2.94. The third kappa shape index (κ3) is 2.23. The minimum atomic E-state index is -4.29. The molecule has 0 aromatic carbocycles. The zero-order valence-corrected chi connectivity index (χ0v) is 7.89. The highest BCUT2D eigenvalue weighted by Crippen LogP contribution is 2.32. The molecule has 0 spiro atoms. The highest BCUT2D eigenvalue weighted by molar-refractivity contribution is 5.23. The molecule has 1 rings (SSSR count). The van der Waals surface area contributed by atoms with Gasteiger partial charge in [-0.2, -0.15) is 13.2 Å². The molecule has 0 saturated heterocycles. The van der Waals surface area contributed by atoms with Crippen LogP contribution in [0.3, 0.4) is 0 Å². The van der Waals surface area contributed by atoms with Gasteiger partial charge in [0.1, 0.15) is 6.04 Å². The number of aryl methyl sites for hydroxylation is 1. The smallest absolute Gasteiger partial charge is 0.305 e. The van der Waals surface area contributed by atoms with Gasteiger partial charge in [-0.05, 0) is 25.6 Å². The summed E-state index contributed by atoms with van der Waals surface area (Å²) in [6.07, 6.45) is -2.82. The molecular formula is C9H11F3N2. The van der Waals surface area contributed by atoms with Gasteiger partial charge < -0.3 is 5.32 Å². The molecule has 0 fully saturated rings. The molecule has 1 N–H and O–H groups in total. The summed E-state index contributed by atoms with van der Waals surface area (Å²) in [5, 5.41) is 2.23. The van der Waals surface area contributed by atoms with Gasteiger partial charge in [-0.1, -0.05) is 6.07 Å². The lowest BCUT2D eigenvalue weighted by molar-refractivity contribution is -0.156. The molecule has 0 aliphatic rings. The van der Waals surface area contributed by atoms with E-state index in [0.29, 0.717) is 5.69 Å². The maximum Gasteiger partial charge on any atom is 0.407 e. The monoisotopic (exact) mass is 204 g/mol. The Kier molecular flexibility index (Phi) is 3.10. The Labute approximate surface area is 80.2 Å². The summed E-state index contributed by atoms with van der Waals surface area (Å²) in [6, 6.07) is 1.28. The predicted molar refractivity (Wildman–Crippen MR) is 46.8 cm³/mol. The highest BCUT2D eigenvalue weighted by atomic mass is 19.4. The first-order valence-corrected chi connectivity index (χ1v) is 4.12. The van der Waals surface area contributed by atoms with Crippen LogP contribution in [0.5, 0.6) is 0 Å². The summed E-state index contributed by atoms with van der Waals surface area (Å²) in [5.41, 5.74) is 0.562. The number of pyridine rings is 1. The van der Waals surface area contributed by atoms with Crippen LogP contribution in [-0.4, -0.2) is 18.2 Å². The molecule has 14 heavy (non-hydrogen) atoms. The first kappa shape index (κ1) is 11.0. The minimum absolute atomic E-state index is 0.169. The third-order valence-corrected chi connectivity index (χ3v) is 1.97. The van der Waals surface area contributed by atoms with E-state index in [-0.39, 0.29) is 5.56 Å². The van der Waals surface area contributed by atoms with Gasteiger partial charge in [-0.15, -0.1) is 0 Å². The number of nitrogens with one attached hydrogen (secondary N) is 1. The largest absolute Gasteiger partial charge is 0.407 e. The summed E-state index contributed by atoms with van der Waals surface area (Å²) >= 11 is 0. The van der Waals surface area contributed by atoms with Gasteiger partial charge in [-0.25, -0.2) is 0 Å². The number of halogens is 3. The molecule has 0 radical (unpaired) electrons. The molecule has 0 saturated carbocycles. The first-order valence-electron chi connectivity index (χ1n) is 4.12. The van der Waals surface area contributed by atoms with E-state index in [9.17, 15) is 13.2 Å². The van der Waals surface area contributed by atoms with E-state index in [1.165, 1.54) is 25.4 Å². The number of hydrogen-bond donors (Lipinski definition) is 1. The van der Waals surface area contributed by atoms with Crippen molar-refractivity contribution in [3.8, 4) is 0 Å². The molecule has 0 aliphatic carbocycles. The lowest BCUT2D eigenvalue weighted by atomic mass is 10.1. The molecule has 2 nitrogen and oxygen atoms in total. The minimum Gasteiger partial charge on any atom is -0.305 e. The van der Waals surface area contributed by atoms with Gasteiger partial charge in [0, 0.05) is 11.9 Å². The summed E-state index contributed by atoms with van der Waals surface area (Å²) in [7, 11) is 1.28. The van der Waals surface area contributed by atoms with E-state index in [1.54, 1.807) is 6.92 Å². The van der Waals surface area contributed by atoms with E-state index in [2.05, 4.69) is 10.3 Å². The molecule has 0 aliphatic heterocycles. The predicted octanol–water partition coefficient (Wildman–Crippen LogP) is 2.21. The van der Waals surface area contributed by atoms with E-state index in [0.717, 1.165) is 0 Å². The van der Waals surface area contributed by atoms with E-state index < -0.39 is 12.2 Å². The summed E-state index contributed by atoms with van der Waals surface area (Å²) < 4.78 is 37.5. The van der Waals surface area contributed by atoms with Crippen LogP contribution in [0.15, 0.2) is 18.3 Å². The second-order valence-electron chi connectivity index (χ2n) is 2.94. The molecular weight excluding hydrogens is 193 g/mol. The van der Waals surface area contributed by atoms with Crippen molar-refractivity contribution in [1.29, 1.82) is 0 Å². The number of nitrogens with zero attached hydrogens (tertiary/aromatic N) is 1. The van der Waals surface area contributed by atoms with Crippen molar-refractivity contribution in [3.63, 3.8) is 0 Å². The SMILES string of the molecule is CNC(c1cccnc1C)C(F)(F)F. The second kappa shape index (κ2) is 3.96. The average molecular weight is 204 g/mol. The van der Waals surface area contributed by atoms with E-state index in [1.807, 2.05) is 0 Å². The molecule has 1 atom stereocenters. The van der Waals surface area contributed by atoms with Crippen LogP contribution >= 0.6 is 0 Å². The van der Waals surface area contributed by atoms with Gasteiger partial charge in [0.05, 0.1) is 0 Å². The van der Waals surface area contributed by atoms with Crippen LogP contribution in [0.4, 0.5) is 13.2 Å². The third-order valence-electron chi connectivity index (χ3n) is 1.97. The van der Waals surface area contributed by atoms with Crippen molar-refractivity contribution in [2.45, 2.75) is 19.1 Å². The van der Waals surface area contributed by atoms with Crippen molar-refractivity contribution in [1.82, 2.24) is 10.3 Å². The summed E-state index contributed by atoms with van der Waals surface area (Å²) in [5.74, 6) is 0. The number of alkyl halides is 3. The molecule has 1 aromatic heterocycles.